The quantitative estimate of drug-likeness (QED) is 0.0582. The topological polar surface area (TPSA) is 43.9 Å². The van der Waals surface area contributed by atoms with Crippen molar-refractivity contribution in [2.75, 3.05) is 18.5 Å². The van der Waals surface area contributed by atoms with Gasteiger partial charge in [-0.2, -0.15) is 0 Å². The summed E-state index contributed by atoms with van der Waals surface area (Å²) in [6.45, 7) is 2.89. The van der Waals surface area contributed by atoms with Crippen LogP contribution in [0, 0.1) is 0 Å². The number of hydrogen-bond acceptors (Lipinski definition) is 6. The third-order valence-corrected chi connectivity index (χ3v) is 14.8. The van der Waals surface area contributed by atoms with E-state index >= 15 is 0 Å². The minimum absolute atomic E-state index is 0.0265. The third kappa shape index (κ3) is 7.83. The molecule has 1 saturated carbocycles. The molecule has 4 aliphatic rings. The van der Waals surface area contributed by atoms with Crippen molar-refractivity contribution >= 4 is 81.0 Å². The van der Waals surface area contributed by atoms with Crippen molar-refractivity contribution in [3.05, 3.63) is 136 Å². The Labute approximate surface area is 340 Å². The van der Waals surface area contributed by atoms with Gasteiger partial charge in [0.2, 0.25) is 5.91 Å². The molecule has 5 nitrogen and oxygen atoms in total. The molecule has 3 aliphatic heterocycles. The molecule has 0 N–H and O–H groups in total. The number of anilines is 2. The van der Waals surface area contributed by atoms with Crippen LogP contribution in [0.3, 0.4) is 0 Å². The van der Waals surface area contributed by atoms with Crippen LogP contribution in [-0.4, -0.2) is 56.2 Å². The molecule has 0 aromatic heterocycles. The van der Waals surface area contributed by atoms with Crippen LogP contribution in [0.4, 0.5) is 11.4 Å². The lowest BCUT2D eigenvalue weighted by molar-refractivity contribution is -0.128. The first-order valence-electron chi connectivity index (χ1n) is 19.9. The Hall–Kier alpha value is -4.11. The fourth-order valence-corrected chi connectivity index (χ4v) is 11.8. The number of benzene rings is 4. The first-order valence-corrected chi connectivity index (χ1v) is 22.1. The van der Waals surface area contributed by atoms with Crippen LogP contribution in [0.5, 0.6) is 0 Å². The molecule has 55 heavy (non-hydrogen) atoms. The molecule has 4 aromatic rings. The highest BCUT2D eigenvalue weighted by molar-refractivity contribution is 8.25. The number of hydrogen-bond donors (Lipinski definition) is 0. The van der Waals surface area contributed by atoms with Crippen molar-refractivity contribution in [2.45, 2.75) is 87.3 Å². The fraction of sp³-hybridized carbons (Fsp3) is 0.340. The van der Waals surface area contributed by atoms with Crippen LogP contribution >= 0.6 is 35.7 Å². The number of carbonyl (C=O) groups excluding carboxylic acids is 2. The zero-order valence-electron chi connectivity index (χ0n) is 31.7. The molecule has 282 valence electrons. The zero-order valence-corrected chi connectivity index (χ0v) is 34.2. The van der Waals surface area contributed by atoms with Gasteiger partial charge in [-0.05, 0) is 89.1 Å². The summed E-state index contributed by atoms with van der Waals surface area (Å²) < 4.78 is 0.645. The normalized spacial score (nSPS) is 22.5. The highest BCUT2D eigenvalue weighted by Gasteiger charge is 2.48. The minimum Gasteiger partial charge on any atom is -0.338 e. The lowest BCUT2D eigenvalue weighted by Gasteiger charge is -2.27. The van der Waals surface area contributed by atoms with Gasteiger partial charge in [0.15, 0.2) is 0 Å². The van der Waals surface area contributed by atoms with E-state index < -0.39 is 0 Å². The van der Waals surface area contributed by atoms with Crippen molar-refractivity contribution in [3.8, 4) is 0 Å². The Morgan fingerprint density at radius 1 is 0.800 bits per heavy atom. The number of likely N-dealkylation sites (N-methyl/N-ethyl adjacent to an activating group) is 1. The number of thioether (sulfide) groups is 2. The Morgan fingerprint density at radius 3 is 2.18 bits per heavy atom. The number of carbonyl (C=O) groups is 2. The molecule has 4 aromatic carbocycles. The molecular formula is C47H49N3O2S3. The maximum atomic E-state index is 13.6. The number of fused-ring (bicyclic) bond motifs is 3. The predicted octanol–water partition coefficient (Wildman–Crippen LogP) is 11.5. The van der Waals surface area contributed by atoms with E-state index in [2.05, 4.69) is 121 Å². The molecule has 0 radical (unpaired) electrons. The molecule has 0 spiro atoms. The summed E-state index contributed by atoms with van der Waals surface area (Å²) in [5.74, 6) is 0.481. The van der Waals surface area contributed by atoms with E-state index in [9.17, 15) is 9.59 Å². The minimum atomic E-state index is -0.379. The Bertz CT molecular complexity index is 2060. The average Bonchev–Trinajstić information content (AvgIpc) is 3.95. The van der Waals surface area contributed by atoms with Crippen LogP contribution < -0.4 is 4.90 Å². The Kier molecular flexibility index (Phi) is 11.6. The second-order valence-electron chi connectivity index (χ2n) is 15.2. The van der Waals surface area contributed by atoms with Crippen LogP contribution in [0.25, 0.3) is 17.7 Å². The van der Waals surface area contributed by atoms with Gasteiger partial charge in [-0.25, -0.2) is 0 Å². The van der Waals surface area contributed by atoms with Crippen LogP contribution in [0.15, 0.2) is 108 Å². The van der Waals surface area contributed by atoms with E-state index in [-0.39, 0.29) is 22.4 Å². The summed E-state index contributed by atoms with van der Waals surface area (Å²) in [6, 6.07) is 37.4. The van der Waals surface area contributed by atoms with E-state index in [1.807, 2.05) is 13.1 Å². The molecule has 8 rings (SSSR count). The summed E-state index contributed by atoms with van der Waals surface area (Å²) in [7, 11) is 1.82. The van der Waals surface area contributed by atoms with Gasteiger partial charge in [0.25, 0.3) is 5.91 Å². The Balaban J connectivity index is 0.990. The Morgan fingerprint density at radius 2 is 1.47 bits per heavy atom. The summed E-state index contributed by atoms with van der Waals surface area (Å²) in [4.78, 5) is 34.0. The number of rotatable bonds is 13. The lowest BCUT2D eigenvalue weighted by atomic mass is 9.95. The second-order valence-corrected chi connectivity index (χ2v) is 18.1. The van der Waals surface area contributed by atoms with Crippen molar-refractivity contribution in [3.63, 3.8) is 0 Å². The number of thiocarbonyl (C=S) groups is 1. The smallest absolute Gasteiger partial charge is 0.261 e. The highest BCUT2D eigenvalue weighted by atomic mass is 32.2. The van der Waals surface area contributed by atoms with E-state index in [1.165, 1.54) is 101 Å². The van der Waals surface area contributed by atoms with Gasteiger partial charge in [0, 0.05) is 36.9 Å². The van der Waals surface area contributed by atoms with Gasteiger partial charge < -0.3 is 9.80 Å². The lowest BCUT2D eigenvalue weighted by Crippen LogP contribution is -2.41. The maximum Gasteiger partial charge on any atom is 0.261 e. The molecule has 3 fully saturated rings. The zero-order chi connectivity index (χ0) is 37.9. The van der Waals surface area contributed by atoms with Gasteiger partial charge in [-0.3, -0.25) is 14.5 Å². The molecule has 1 aliphatic carbocycles. The van der Waals surface area contributed by atoms with E-state index in [4.69, 9.17) is 12.2 Å². The van der Waals surface area contributed by atoms with E-state index in [1.54, 1.807) is 9.80 Å². The number of amides is 2. The molecule has 2 amide bonds. The van der Waals surface area contributed by atoms with E-state index in [0.717, 1.165) is 24.8 Å². The van der Waals surface area contributed by atoms with Crippen LogP contribution in [-0.2, 0) is 9.59 Å². The molecule has 3 heterocycles. The molecule has 4 atom stereocenters. The van der Waals surface area contributed by atoms with Crippen molar-refractivity contribution in [1.82, 2.24) is 9.80 Å². The average molecular weight is 784 g/mol. The summed E-state index contributed by atoms with van der Waals surface area (Å²) >= 11 is 8.63. The summed E-state index contributed by atoms with van der Waals surface area (Å²) in [6.07, 6.45) is 14.9. The first kappa shape index (κ1) is 37.8. The largest absolute Gasteiger partial charge is 0.338 e. The van der Waals surface area contributed by atoms with Crippen molar-refractivity contribution in [2.24, 2.45) is 0 Å². The molecule has 8 heteroatoms. The molecular weight excluding hydrogens is 735 g/mol. The number of nitrogens with zero attached hydrogens (tertiary/aromatic N) is 3. The SMILES string of the molecule is CCCCCCCCN1C(=O)C(C2S/C(=C/c3ccc4c(c3)C3CCCC3N4c3ccc(C=C(c4ccccc4)c4ccccc4)cc3)C(=O)N2C)SC1=S. The monoisotopic (exact) mass is 783 g/mol. The maximum absolute atomic E-state index is 13.6. The standard InChI is InChI=1S/C47H49N3O2S3/c1-3-4-5-6-7-14-28-49-45(52)43(55-47(49)53)46-48(2)44(51)42(54-46)31-33-24-27-41-39(30-33)37-20-15-21-40(37)50(41)36-25-22-32(23-26-36)29-38(34-16-10-8-11-17-34)35-18-12-9-13-19-35/h8-13,16-19,22-27,29-31,37,40,43,46H,3-7,14-15,20-21,28H2,1-2H3/b42-31+. The van der Waals surface area contributed by atoms with Gasteiger partial charge in [-0.1, -0.05) is 160 Å². The third-order valence-electron chi connectivity index (χ3n) is 11.6. The van der Waals surface area contributed by atoms with Crippen molar-refractivity contribution in [1.29, 1.82) is 0 Å². The van der Waals surface area contributed by atoms with Crippen molar-refractivity contribution < 1.29 is 9.59 Å². The number of unbranched alkanes of at least 4 members (excludes halogenated alkanes) is 5. The summed E-state index contributed by atoms with van der Waals surface area (Å²) in [5.41, 5.74) is 9.66. The van der Waals surface area contributed by atoms with Gasteiger partial charge in [0.05, 0.1) is 4.91 Å². The molecule has 0 bridgehead atoms. The first-order chi connectivity index (χ1) is 26.9. The van der Waals surface area contributed by atoms with Gasteiger partial charge >= 0.3 is 0 Å². The van der Waals surface area contributed by atoms with Gasteiger partial charge in [-0.15, -0.1) is 0 Å². The van der Waals surface area contributed by atoms with E-state index in [0.29, 0.717) is 27.7 Å². The summed E-state index contributed by atoms with van der Waals surface area (Å²) in [5, 5.41) is -0.655. The van der Waals surface area contributed by atoms with Crippen LogP contribution in [0.2, 0.25) is 0 Å². The highest BCUT2D eigenvalue weighted by Crippen LogP contribution is 2.53. The van der Waals surface area contributed by atoms with Crippen LogP contribution in [0.1, 0.15) is 98.4 Å². The predicted molar refractivity (Wildman–Crippen MR) is 236 cm³/mol. The van der Waals surface area contributed by atoms with Gasteiger partial charge in [0.1, 0.15) is 14.9 Å². The molecule has 4 unspecified atom stereocenters. The molecule has 2 saturated heterocycles. The second kappa shape index (κ2) is 16.9. The fourth-order valence-electron chi connectivity index (χ4n) is 8.73.